The molecular formula is C14H23N3O2. The smallest absolute Gasteiger partial charge is 0.407 e. The zero-order valence-corrected chi connectivity index (χ0v) is 12.1. The molecule has 1 aromatic heterocycles. The lowest BCUT2D eigenvalue weighted by Gasteiger charge is -2.20. The summed E-state index contributed by atoms with van der Waals surface area (Å²) in [6.07, 6.45) is 1.93. The topological polar surface area (TPSA) is 77.2 Å². The number of hydrogen-bond acceptors (Lipinski definition) is 4. The first-order chi connectivity index (χ1) is 8.78. The van der Waals surface area contributed by atoms with E-state index in [0.717, 1.165) is 11.3 Å². The van der Waals surface area contributed by atoms with E-state index in [-0.39, 0.29) is 6.04 Å². The van der Waals surface area contributed by atoms with Gasteiger partial charge < -0.3 is 15.8 Å². The Labute approximate surface area is 114 Å². The Kier molecular flexibility index (Phi) is 5.30. The van der Waals surface area contributed by atoms with Crippen molar-refractivity contribution in [3.8, 4) is 0 Å². The molecule has 1 aromatic rings. The minimum absolute atomic E-state index is 0.180. The number of amides is 1. The van der Waals surface area contributed by atoms with E-state index >= 15 is 0 Å². The van der Waals surface area contributed by atoms with Gasteiger partial charge in [-0.25, -0.2) is 4.79 Å². The Morgan fingerprint density at radius 2 is 2.21 bits per heavy atom. The van der Waals surface area contributed by atoms with Crippen molar-refractivity contribution >= 4 is 6.09 Å². The van der Waals surface area contributed by atoms with Crippen LogP contribution in [0.3, 0.4) is 0 Å². The average molecular weight is 265 g/mol. The quantitative estimate of drug-likeness (QED) is 0.870. The van der Waals surface area contributed by atoms with Gasteiger partial charge in [0.05, 0.1) is 0 Å². The highest BCUT2D eigenvalue weighted by molar-refractivity contribution is 5.67. The van der Waals surface area contributed by atoms with Crippen LogP contribution in [0.15, 0.2) is 18.3 Å². The molecule has 0 aromatic carbocycles. The molecule has 0 bridgehead atoms. The minimum Gasteiger partial charge on any atom is -0.444 e. The summed E-state index contributed by atoms with van der Waals surface area (Å²) in [7, 11) is 0. The van der Waals surface area contributed by atoms with Crippen LogP contribution in [0.25, 0.3) is 0 Å². The fourth-order valence-corrected chi connectivity index (χ4v) is 1.58. The third-order valence-electron chi connectivity index (χ3n) is 2.48. The number of ether oxygens (including phenoxy) is 1. The molecular weight excluding hydrogens is 242 g/mol. The number of carbonyl (C=O) groups is 1. The first-order valence-electron chi connectivity index (χ1n) is 6.41. The van der Waals surface area contributed by atoms with Gasteiger partial charge in [-0.15, -0.1) is 0 Å². The Morgan fingerprint density at radius 3 is 2.79 bits per heavy atom. The van der Waals surface area contributed by atoms with Crippen LogP contribution in [-0.2, 0) is 11.2 Å². The number of rotatable bonds is 4. The second-order valence-corrected chi connectivity index (χ2v) is 5.61. The van der Waals surface area contributed by atoms with Crippen molar-refractivity contribution in [3.05, 3.63) is 29.6 Å². The predicted molar refractivity (Wildman–Crippen MR) is 74.9 cm³/mol. The maximum absolute atomic E-state index is 11.5. The van der Waals surface area contributed by atoms with Gasteiger partial charge in [0.15, 0.2) is 0 Å². The molecule has 1 heterocycles. The van der Waals surface area contributed by atoms with Gasteiger partial charge in [0.25, 0.3) is 0 Å². The number of carbonyl (C=O) groups excluding carboxylic acids is 1. The third kappa shape index (κ3) is 6.20. The number of nitrogens with zero attached hydrogens (tertiary/aromatic N) is 1. The zero-order valence-electron chi connectivity index (χ0n) is 12.1. The van der Waals surface area contributed by atoms with Gasteiger partial charge in [0.1, 0.15) is 5.60 Å². The summed E-state index contributed by atoms with van der Waals surface area (Å²) < 4.78 is 5.14. The molecule has 0 aliphatic carbocycles. The van der Waals surface area contributed by atoms with Crippen molar-refractivity contribution in [2.24, 2.45) is 5.73 Å². The zero-order chi connectivity index (χ0) is 14.5. The average Bonchev–Trinajstić information content (AvgIpc) is 2.27. The lowest BCUT2D eigenvalue weighted by atomic mass is 10.1. The summed E-state index contributed by atoms with van der Waals surface area (Å²) in [6, 6.07) is 3.71. The van der Waals surface area contributed by atoms with E-state index in [0.29, 0.717) is 13.0 Å². The van der Waals surface area contributed by atoms with Gasteiger partial charge in [0.2, 0.25) is 0 Å². The molecule has 1 atom stereocenters. The fourth-order valence-electron chi connectivity index (χ4n) is 1.58. The molecule has 1 unspecified atom stereocenters. The van der Waals surface area contributed by atoms with Crippen LogP contribution in [0.2, 0.25) is 0 Å². The van der Waals surface area contributed by atoms with Gasteiger partial charge in [-0.2, -0.15) is 0 Å². The van der Waals surface area contributed by atoms with Crippen molar-refractivity contribution in [2.75, 3.05) is 6.54 Å². The number of aryl methyl sites for hydroxylation is 1. The van der Waals surface area contributed by atoms with E-state index < -0.39 is 11.7 Å². The molecule has 0 spiro atoms. The van der Waals surface area contributed by atoms with Crippen LogP contribution < -0.4 is 11.1 Å². The predicted octanol–water partition coefficient (Wildman–Crippen LogP) is 1.78. The molecule has 0 saturated carbocycles. The third-order valence-corrected chi connectivity index (χ3v) is 2.48. The van der Waals surface area contributed by atoms with Crippen molar-refractivity contribution < 1.29 is 9.53 Å². The van der Waals surface area contributed by atoms with E-state index in [2.05, 4.69) is 10.3 Å². The van der Waals surface area contributed by atoms with Gasteiger partial charge in [-0.3, -0.25) is 4.98 Å². The van der Waals surface area contributed by atoms with Crippen LogP contribution >= 0.6 is 0 Å². The van der Waals surface area contributed by atoms with Crippen LogP contribution in [0, 0.1) is 6.92 Å². The van der Waals surface area contributed by atoms with E-state index in [4.69, 9.17) is 10.5 Å². The van der Waals surface area contributed by atoms with Gasteiger partial charge in [-0.05, 0) is 39.3 Å². The molecule has 0 aliphatic heterocycles. The van der Waals surface area contributed by atoms with Crippen LogP contribution in [-0.4, -0.2) is 29.3 Å². The summed E-state index contributed by atoms with van der Waals surface area (Å²) in [5.41, 5.74) is 7.55. The van der Waals surface area contributed by atoms with Gasteiger partial charge in [0, 0.05) is 30.9 Å². The molecule has 0 radical (unpaired) electrons. The number of alkyl carbamates (subject to hydrolysis) is 1. The maximum Gasteiger partial charge on any atom is 0.407 e. The number of nitrogens with two attached hydrogens (primary N) is 1. The van der Waals surface area contributed by atoms with E-state index in [9.17, 15) is 4.79 Å². The Morgan fingerprint density at radius 1 is 1.53 bits per heavy atom. The first-order valence-corrected chi connectivity index (χ1v) is 6.41. The number of aromatic nitrogens is 1. The summed E-state index contributed by atoms with van der Waals surface area (Å²) in [4.78, 5) is 15.8. The Bertz CT molecular complexity index is 427. The number of nitrogens with one attached hydrogen (secondary N) is 1. The standard InChI is InChI=1S/C14H23N3O2/c1-10-6-5-7-16-12(10)8-11(15)9-17-13(18)19-14(2,3)4/h5-7,11H,8-9,15H2,1-4H3,(H,17,18). The highest BCUT2D eigenvalue weighted by Crippen LogP contribution is 2.07. The molecule has 5 heteroatoms. The molecule has 0 aliphatic rings. The maximum atomic E-state index is 11.5. The van der Waals surface area contributed by atoms with Crippen LogP contribution in [0.5, 0.6) is 0 Å². The summed E-state index contributed by atoms with van der Waals surface area (Å²) in [5, 5.41) is 2.66. The van der Waals surface area contributed by atoms with E-state index in [1.807, 2.05) is 39.8 Å². The van der Waals surface area contributed by atoms with Gasteiger partial charge >= 0.3 is 6.09 Å². The highest BCUT2D eigenvalue weighted by atomic mass is 16.6. The van der Waals surface area contributed by atoms with E-state index in [1.54, 1.807) is 6.20 Å². The first kappa shape index (κ1) is 15.4. The lowest BCUT2D eigenvalue weighted by Crippen LogP contribution is -2.41. The Hall–Kier alpha value is -1.62. The van der Waals surface area contributed by atoms with Crippen molar-refractivity contribution in [1.82, 2.24) is 10.3 Å². The monoisotopic (exact) mass is 265 g/mol. The van der Waals surface area contributed by atoms with Gasteiger partial charge in [-0.1, -0.05) is 6.07 Å². The molecule has 3 N–H and O–H groups in total. The lowest BCUT2D eigenvalue weighted by molar-refractivity contribution is 0.0524. The summed E-state index contributed by atoms with van der Waals surface area (Å²) in [5.74, 6) is 0. The largest absolute Gasteiger partial charge is 0.444 e. The van der Waals surface area contributed by atoms with E-state index in [1.165, 1.54) is 0 Å². The summed E-state index contributed by atoms with van der Waals surface area (Å²) >= 11 is 0. The second kappa shape index (κ2) is 6.52. The van der Waals surface area contributed by atoms with Crippen LogP contribution in [0.4, 0.5) is 4.79 Å². The number of hydrogen-bond donors (Lipinski definition) is 2. The molecule has 1 rings (SSSR count). The van der Waals surface area contributed by atoms with Crippen molar-refractivity contribution in [2.45, 2.75) is 45.8 Å². The minimum atomic E-state index is -0.494. The fraction of sp³-hybridized carbons (Fsp3) is 0.571. The van der Waals surface area contributed by atoms with Crippen molar-refractivity contribution in [1.29, 1.82) is 0 Å². The molecule has 0 saturated heterocycles. The molecule has 106 valence electrons. The van der Waals surface area contributed by atoms with Crippen molar-refractivity contribution in [3.63, 3.8) is 0 Å². The SMILES string of the molecule is Cc1cccnc1CC(N)CNC(=O)OC(C)(C)C. The molecule has 1 amide bonds. The molecule has 0 fully saturated rings. The van der Waals surface area contributed by atoms with Crippen LogP contribution in [0.1, 0.15) is 32.0 Å². The molecule has 19 heavy (non-hydrogen) atoms. The normalized spacial score (nSPS) is 12.9. The summed E-state index contributed by atoms with van der Waals surface area (Å²) in [6.45, 7) is 7.83. The second-order valence-electron chi connectivity index (χ2n) is 5.61. The Balaban J connectivity index is 2.38. The highest BCUT2D eigenvalue weighted by Gasteiger charge is 2.16. The number of pyridine rings is 1. The molecule has 5 nitrogen and oxygen atoms in total.